The number of carbonyl (C=O) groups is 3. The van der Waals surface area contributed by atoms with Crippen molar-refractivity contribution in [3.63, 3.8) is 0 Å². The molecule has 0 aliphatic rings. The molecule has 0 saturated heterocycles. The molecule has 0 bridgehead atoms. The maximum atomic E-state index is 12.8. The Morgan fingerprint density at radius 3 is 0.899 bits per heavy atom. The third-order valence-corrected chi connectivity index (χ3v) is 13.0. The van der Waals surface area contributed by atoms with Gasteiger partial charge in [-0.05, 0) is 83.5 Å². The molecular formula is C63H112O6. The second-order valence-electron chi connectivity index (χ2n) is 19.9. The van der Waals surface area contributed by atoms with E-state index in [1.54, 1.807) is 0 Å². The number of hydrogen-bond acceptors (Lipinski definition) is 6. The highest BCUT2D eigenvalue weighted by Crippen LogP contribution is 2.16. The van der Waals surface area contributed by atoms with Crippen LogP contribution in [0.3, 0.4) is 0 Å². The molecule has 0 heterocycles. The minimum absolute atomic E-state index is 0.0824. The molecule has 1 unspecified atom stereocenters. The minimum atomic E-state index is -0.782. The van der Waals surface area contributed by atoms with Crippen LogP contribution in [0.25, 0.3) is 0 Å². The van der Waals surface area contributed by atoms with E-state index >= 15 is 0 Å². The second-order valence-corrected chi connectivity index (χ2v) is 19.9. The van der Waals surface area contributed by atoms with E-state index < -0.39 is 6.10 Å². The van der Waals surface area contributed by atoms with Gasteiger partial charge < -0.3 is 14.2 Å². The van der Waals surface area contributed by atoms with Crippen molar-refractivity contribution in [3.8, 4) is 0 Å². The van der Waals surface area contributed by atoms with Crippen LogP contribution in [0.4, 0.5) is 0 Å². The Morgan fingerprint density at radius 1 is 0.304 bits per heavy atom. The molecule has 6 nitrogen and oxygen atoms in total. The highest BCUT2D eigenvalue weighted by molar-refractivity contribution is 5.71. The van der Waals surface area contributed by atoms with Crippen LogP contribution in [-0.2, 0) is 28.6 Å². The van der Waals surface area contributed by atoms with Gasteiger partial charge in [0.1, 0.15) is 13.2 Å². The Hall–Kier alpha value is -2.89. The summed E-state index contributed by atoms with van der Waals surface area (Å²) in [4.78, 5) is 37.8. The van der Waals surface area contributed by atoms with E-state index in [1.807, 2.05) is 0 Å². The summed E-state index contributed by atoms with van der Waals surface area (Å²) in [5.74, 6) is -0.911. The Kier molecular flexibility index (Phi) is 55.3. The lowest BCUT2D eigenvalue weighted by molar-refractivity contribution is -0.167. The molecular weight excluding hydrogens is 853 g/mol. The minimum Gasteiger partial charge on any atom is -0.462 e. The maximum Gasteiger partial charge on any atom is 0.306 e. The molecule has 0 radical (unpaired) electrons. The zero-order chi connectivity index (χ0) is 50.0. The van der Waals surface area contributed by atoms with Gasteiger partial charge >= 0.3 is 17.9 Å². The van der Waals surface area contributed by atoms with Gasteiger partial charge in [-0.25, -0.2) is 0 Å². The Bertz CT molecular complexity index is 1250. The van der Waals surface area contributed by atoms with Crippen molar-refractivity contribution in [2.45, 2.75) is 309 Å². The first-order valence-corrected chi connectivity index (χ1v) is 29.8. The van der Waals surface area contributed by atoms with Crippen LogP contribution in [0.2, 0.25) is 0 Å². The molecule has 0 aromatic carbocycles. The number of carbonyl (C=O) groups excluding carboxylic acids is 3. The molecule has 69 heavy (non-hydrogen) atoms. The van der Waals surface area contributed by atoms with Crippen LogP contribution < -0.4 is 0 Å². The molecule has 0 aromatic heterocycles. The Labute approximate surface area is 428 Å². The van der Waals surface area contributed by atoms with Gasteiger partial charge in [0, 0.05) is 19.3 Å². The SMILES string of the molecule is CC/C=C\C/C=C\C/C=C\C/C=C\CCCCCCC(=O)OC(COC(=O)CCCCCCC)COC(=O)CCCCCCCCCCCCCCCCCCC/C=C\CCCCCCCCCC. The molecule has 0 aliphatic carbocycles. The summed E-state index contributed by atoms with van der Waals surface area (Å²) in [5, 5.41) is 0. The average Bonchev–Trinajstić information content (AvgIpc) is 3.35. The molecule has 1 atom stereocenters. The van der Waals surface area contributed by atoms with E-state index in [2.05, 4.69) is 81.5 Å². The summed E-state index contributed by atoms with van der Waals surface area (Å²) in [5.41, 5.74) is 0. The summed E-state index contributed by atoms with van der Waals surface area (Å²) >= 11 is 0. The highest BCUT2D eigenvalue weighted by Gasteiger charge is 2.19. The van der Waals surface area contributed by atoms with Crippen LogP contribution in [0, 0.1) is 0 Å². The van der Waals surface area contributed by atoms with E-state index in [-0.39, 0.29) is 31.1 Å². The van der Waals surface area contributed by atoms with E-state index in [0.29, 0.717) is 19.3 Å². The van der Waals surface area contributed by atoms with Gasteiger partial charge in [-0.3, -0.25) is 14.4 Å². The number of unbranched alkanes of at least 4 members (excludes halogenated alkanes) is 33. The molecule has 0 aromatic rings. The number of hydrogen-bond donors (Lipinski definition) is 0. The fourth-order valence-electron chi connectivity index (χ4n) is 8.55. The molecule has 0 saturated carbocycles. The summed E-state index contributed by atoms with van der Waals surface area (Å²) < 4.78 is 16.7. The van der Waals surface area contributed by atoms with Crippen LogP contribution in [0.15, 0.2) is 60.8 Å². The fourth-order valence-corrected chi connectivity index (χ4v) is 8.55. The summed E-state index contributed by atoms with van der Waals surface area (Å²) in [6.45, 7) is 6.45. The lowest BCUT2D eigenvalue weighted by Crippen LogP contribution is -2.30. The maximum absolute atomic E-state index is 12.8. The Morgan fingerprint density at radius 2 is 0.565 bits per heavy atom. The molecule has 400 valence electrons. The van der Waals surface area contributed by atoms with Gasteiger partial charge in [-0.15, -0.1) is 0 Å². The van der Waals surface area contributed by atoms with Crippen molar-refractivity contribution < 1.29 is 28.6 Å². The van der Waals surface area contributed by atoms with Crippen LogP contribution in [-0.4, -0.2) is 37.2 Å². The van der Waals surface area contributed by atoms with Crippen molar-refractivity contribution >= 4 is 17.9 Å². The standard InChI is InChI=1S/C63H112O6/c1-4-7-10-13-15-17-19-21-23-25-26-27-28-29-30-31-32-33-34-35-36-38-39-41-43-45-47-50-53-56-62(65)68-59-60(58-67-61(64)55-52-49-12-9-6-3)69-63(66)57-54-51-48-46-44-42-40-37-24-22-20-18-16-14-11-8-5-2/h8,11,16,18,22,24-26,40,42,60H,4-7,9-10,12-15,17,19-21,23,27-39,41,43-59H2,1-3H3/b11-8-,18-16-,24-22-,26-25-,42-40-. The van der Waals surface area contributed by atoms with E-state index in [1.165, 1.54) is 161 Å². The monoisotopic (exact) mass is 965 g/mol. The molecule has 6 heteroatoms. The van der Waals surface area contributed by atoms with Gasteiger partial charge in [0.2, 0.25) is 0 Å². The third-order valence-electron chi connectivity index (χ3n) is 13.0. The highest BCUT2D eigenvalue weighted by atomic mass is 16.6. The lowest BCUT2D eigenvalue weighted by Gasteiger charge is -2.18. The molecule has 0 spiro atoms. The normalized spacial score (nSPS) is 12.4. The van der Waals surface area contributed by atoms with E-state index in [9.17, 15) is 14.4 Å². The zero-order valence-corrected chi connectivity index (χ0v) is 45.8. The summed E-state index contributed by atoms with van der Waals surface area (Å²) in [7, 11) is 0. The zero-order valence-electron chi connectivity index (χ0n) is 45.8. The number of esters is 3. The lowest BCUT2D eigenvalue weighted by atomic mass is 10.0. The quantitative estimate of drug-likeness (QED) is 0.0262. The summed E-state index contributed by atoms with van der Waals surface area (Å²) in [6, 6.07) is 0. The second kappa shape index (κ2) is 57.7. The van der Waals surface area contributed by atoms with Crippen molar-refractivity contribution in [2.75, 3.05) is 13.2 Å². The number of allylic oxidation sites excluding steroid dienone is 10. The van der Waals surface area contributed by atoms with Crippen molar-refractivity contribution in [3.05, 3.63) is 60.8 Å². The van der Waals surface area contributed by atoms with E-state index in [4.69, 9.17) is 14.2 Å². The Balaban J connectivity index is 4.00. The largest absolute Gasteiger partial charge is 0.462 e. The molecule has 0 aliphatic heterocycles. The van der Waals surface area contributed by atoms with Crippen LogP contribution >= 0.6 is 0 Å². The first kappa shape index (κ1) is 66.1. The van der Waals surface area contributed by atoms with Crippen LogP contribution in [0.1, 0.15) is 303 Å². The number of rotatable bonds is 54. The summed E-state index contributed by atoms with van der Waals surface area (Å²) in [6.07, 6.45) is 72.8. The van der Waals surface area contributed by atoms with E-state index in [0.717, 1.165) is 103 Å². The van der Waals surface area contributed by atoms with Gasteiger partial charge in [0.05, 0.1) is 0 Å². The van der Waals surface area contributed by atoms with Crippen LogP contribution in [0.5, 0.6) is 0 Å². The van der Waals surface area contributed by atoms with Gasteiger partial charge in [-0.2, -0.15) is 0 Å². The predicted octanol–water partition coefficient (Wildman–Crippen LogP) is 20.0. The third kappa shape index (κ3) is 55.9. The topological polar surface area (TPSA) is 78.9 Å². The van der Waals surface area contributed by atoms with Gasteiger partial charge in [-0.1, -0.05) is 261 Å². The fraction of sp³-hybridized carbons (Fsp3) is 0.794. The predicted molar refractivity (Wildman–Crippen MR) is 298 cm³/mol. The first-order valence-electron chi connectivity index (χ1n) is 29.8. The molecule has 0 amide bonds. The van der Waals surface area contributed by atoms with Crippen molar-refractivity contribution in [2.24, 2.45) is 0 Å². The first-order chi connectivity index (χ1) is 34.0. The smallest absolute Gasteiger partial charge is 0.306 e. The van der Waals surface area contributed by atoms with Crippen molar-refractivity contribution in [1.29, 1.82) is 0 Å². The molecule has 0 N–H and O–H groups in total. The van der Waals surface area contributed by atoms with Gasteiger partial charge in [0.15, 0.2) is 6.10 Å². The van der Waals surface area contributed by atoms with Gasteiger partial charge in [0.25, 0.3) is 0 Å². The van der Waals surface area contributed by atoms with Crippen molar-refractivity contribution in [1.82, 2.24) is 0 Å². The number of ether oxygens (including phenoxy) is 3. The molecule has 0 rings (SSSR count). The molecule has 0 fully saturated rings. The average molecular weight is 966 g/mol.